The summed E-state index contributed by atoms with van der Waals surface area (Å²) >= 11 is 0. The normalized spacial score (nSPS) is 0. The summed E-state index contributed by atoms with van der Waals surface area (Å²) in [5.41, 5.74) is 0. The van der Waals surface area contributed by atoms with Crippen molar-refractivity contribution in [2.45, 2.75) is 0 Å². The molecule has 0 heterocycles. The van der Waals surface area contributed by atoms with E-state index in [-0.39, 0.29) is 48.3 Å². The summed E-state index contributed by atoms with van der Waals surface area (Å²) in [5.74, 6) is 0. The van der Waals surface area contributed by atoms with Crippen LogP contribution in [0.15, 0.2) is 0 Å². The van der Waals surface area contributed by atoms with Crippen molar-refractivity contribution in [3.63, 3.8) is 0 Å². The molecule has 0 aliphatic rings. The third kappa shape index (κ3) is 11.7. The van der Waals surface area contributed by atoms with Gasteiger partial charge in [-0.25, -0.2) is 0 Å². The van der Waals surface area contributed by atoms with Crippen LogP contribution >= 0.6 is 0 Å². The van der Waals surface area contributed by atoms with Gasteiger partial charge in [0.25, 0.3) is 0 Å². The van der Waals surface area contributed by atoms with Crippen molar-refractivity contribution in [1.82, 2.24) is 0 Å². The fourth-order valence-corrected chi connectivity index (χ4v) is 0. The smallest absolute Gasteiger partial charge is 1.00 e. The second kappa shape index (κ2) is 34.6. The van der Waals surface area contributed by atoms with Crippen LogP contribution in [0.25, 0.3) is 0 Å². The zero-order chi connectivity index (χ0) is 0. The fourth-order valence-electron chi connectivity index (χ4n) is 0. The van der Waals surface area contributed by atoms with Crippen molar-refractivity contribution in [2.75, 3.05) is 0 Å². The largest absolute Gasteiger partial charge is 2.00 e. The average Bonchev–Trinajstić information content (AvgIpc) is 0. The standard InChI is InChI=1S/Li.Mn.2H2O.H/h;;2*1H2;/q+1;+2;;;-1/p-2. The monoisotopic (exact) mass is 97.0 g/mol. The predicted molar refractivity (Wildman–Crippen MR) is 4.98 cm³/mol. The Balaban J connectivity index is 0. The van der Waals surface area contributed by atoms with E-state index in [4.69, 9.17) is 0 Å². The van der Waals surface area contributed by atoms with Gasteiger partial charge < -0.3 is 12.4 Å². The molecule has 0 fully saturated rings. The molecule has 0 aromatic carbocycles. The number of hydrogen-bond acceptors (Lipinski definition) is 2. The molecule has 23 valence electrons. The van der Waals surface area contributed by atoms with Gasteiger partial charge >= 0.3 is 35.9 Å². The minimum atomic E-state index is 0. The first-order chi connectivity index (χ1) is 0. The van der Waals surface area contributed by atoms with E-state index in [0.717, 1.165) is 0 Å². The minimum Gasteiger partial charge on any atom is -1.00 e. The van der Waals surface area contributed by atoms with Crippen LogP contribution in [-0.4, -0.2) is 11.0 Å². The molecule has 0 aromatic heterocycles. The molecule has 0 aromatic rings. The molecule has 0 aliphatic heterocycles. The Bertz CT molecular complexity index is 9.61. The van der Waals surface area contributed by atoms with E-state index in [1.807, 2.05) is 0 Å². The molecule has 1 radical (unpaired) electrons. The van der Waals surface area contributed by atoms with E-state index < -0.39 is 0 Å². The maximum absolute atomic E-state index is 0. The van der Waals surface area contributed by atoms with Crippen LogP contribution in [0, 0.1) is 0 Å². The van der Waals surface area contributed by atoms with Crippen LogP contribution in [-0.2, 0) is 17.1 Å². The van der Waals surface area contributed by atoms with Gasteiger partial charge in [-0.15, -0.1) is 0 Å². The van der Waals surface area contributed by atoms with Gasteiger partial charge in [0, 0.05) is 0 Å². The van der Waals surface area contributed by atoms with E-state index in [2.05, 4.69) is 0 Å². The van der Waals surface area contributed by atoms with E-state index in [0.29, 0.717) is 0 Å². The Kier molecular flexibility index (Phi) is 661. The summed E-state index contributed by atoms with van der Waals surface area (Å²) in [7, 11) is 0. The molecule has 0 bridgehead atoms. The first kappa shape index (κ1) is 76.3. The van der Waals surface area contributed by atoms with Gasteiger partial charge in [0.05, 0.1) is 0 Å². The summed E-state index contributed by atoms with van der Waals surface area (Å²) in [6.45, 7) is 0. The molecule has 4 heavy (non-hydrogen) atoms. The van der Waals surface area contributed by atoms with Gasteiger partial charge in [0.15, 0.2) is 0 Å². The first-order valence-electron chi connectivity index (χ1n) is 0. The summed E-state index contributed by atoms with van der Waals surface area (Å²) in [6, 6.07) is 0. The maximum Gasteiger partial charge on any atom is 2.00 e. The average molecular weight is 96.9 g/mol. The van der Waals surface area contributed by atoms with E-state index in [9.17, 15) is 0 Å². The molecule has 4 heteroatoms. The van der Waals surface area contributed by atoms with Crippen LogP contribution in [0.1, 0.15) is 1.43 Å². The van der Waals surface area contributed by atoms with Crippen molar-refractivity contribution < 1.29 is 48.3 Å². The Morgan fingerprint density at radius 2 is 1.00 bits per heavy atom. The van der Waals surface area contributed by atoms with E-state index >= 15 is 0 Å². The minimum absolute atomic E-state index is 0. The molecule has 0 unspecified atom stereocenters. The summed E-state index contributed by atoms with van der Waals surface area (Å²) in [4.78, 5) is 0. The molecular weight excluding hydrogens is 93.9 g/mol. The molecule has 0 rings (SSSR count). The van der Waals surface area contributed by atoms with Crippen molar-refractivity contribution in [3.05, 3.63) is 0 Å². The second-order valence-electron chi connectivity index (χ2n) is 0. The first-order valence-corrected chi connectivity index (χ1v) is 0. The van der Waals surface area contributed by atoms with Gasteiger partial charge in [-0.05, 0) is 0 Å². The van der Waals surface area contributed by atoms with Crippen LogP contribution in [0.3, 0.4) is 0 Å². The van der Waals surface area contributed by atoms with Gasteiger partial charge in [0.1, 0.15) is 0 Å². The third-order valence-electron chi connectivity index (χ3n) is 0. The van der Waals surface area contributed by atoms with E-state index in [1.54, 1.807) is 0 Å². The molecule has 0 saturated heterocycles. The molecule has 2 nitrogen and oxygen atoms in total. The molecule has 0 spiro atoms. The Morgan fingerprint density at radius 1 is 1.00 bits per heavy atom. The zero-order valence-electron chi connectivity index (χ0n) is 3.27. The molecule has 0 atom stereocenters. The van der Waals surface area contributed by atoms with Crippen LogP contribution in [0.2, 0.25) is 0 Å². The Hall–Kier alpha value is 1.04. The van der Waals surface area contributed by atoms with Gasteiger partial charge in [0.2, 0.25) is 0 Å². The summed E-state index contributed by atoms with van der Waals surface area (Å²) in [5, 5.41) is 0. The number of rotatable bonds is 0. The van der Waals surface area contributed by atoms with Crippen LogP contribution in [0.5, 0.6) is 0 Å². The molecular formula is H3LiMnO2. The van der Waals surface area contributed by atoms with E-state index in [1.165, 1.54) is 0 Å². The predicted octanol–water partition coefficient (Wildman–Crippen LogP) is -3.24. The summed E-state index contributed by atoms with van der Waals surface area (Å²) in [6.07, 6.45) is 0. The SMILES string of the molecule is [H-].[Li+].[Mn+2].[OH-].[OH-]. The molecule has 0 saturated carbocycles. The van der Waals surface area contributed by atoms with Crippen molar-refractivity contribution in [2.24, 2.45) is 0 Å². The quantitative estimate of drug-likeness (QED) is 0.298. The van der Waals surface area contributed by atoms with Crippen molar-refractivity contribution in [3.8, 4) is 0 Å². The Labute approximate surface area is 48.7 Å². The Morgan fingerprint density at radius 3 is 1.00 bits per heavy atom. The van der Waals surface area contributed by atoms with Crippen molar-refractivity contribution >= 4 is 0 Å². The van der Waals surface area contributed by atoms with Gasteiger partial charge in [-0.1, -0.05) is 0 Å². The van der Waals surface area contributed by atoms with Crippen LogP contribution < -0.4 is 18.9 Å². The number of hydrogen-bond donors (Lipinski definition) is 0. The molecule has 2 N–H and O–H groups in total. The maximum atomic E-state index is 0. The summed E-state index contributed by atoms with van der Waals surface area (Å²) < 4.78 is 0. The molecule has 0 amide bonds. The van der Waals surface area contributed by atoms with Crippen molar-refractivity contribution in [1.29, 1.82) is 0 Å². The molecule has 0 aliphatic carbocycles. The van der Waals surface area contributed by atoms with Gasteiger partial charge in [-0.3, -0.25) is 0 Å². The van der Waals surface area contributed by atoms with Crippen LogP contribution in [0.4, 0.5) is 0 Å². The fraction of sp³-hybridized carbons (Fsp3) is 0. The second-order valence-corrected chi connectivity index (χ2v) is 0. The third-order valence-corrected chi connectivity index (χ3v) is 0. The zero-order valence-corrected chi connectivity index (χ0v) is 3.45. The van der Waals surface area contributed by atoms with Gasteiger partial charge in [-0.2, -0.15) is 0 Å². The topological polar surface area (TPSA) is 60.0 Å².